The summed E-state index contributed by atoms with van der Waals surface area (Å²) in [6.07, 6.45) is 0. The normalized spacial score (nSPS) is 15.9. The van der Waals surface area contributed by atoms with E-state index in [4.69, 9.17) is 0 Å². The zero-order chi connectivity index (χ0) is 18.9. The van der Waals surface area contributed by atoms with Crippen LogP contribution < -0.4 is 0 Å². The van der Waals surface area contributed by atoms with E-state index < -0.39 is 26.6 Å². The summed E-state index contributed by atoms with van der Waals surface area (Å²) in [5, 5.41) is 0. The molecule has 1 aliphatic heterocycles. The van der Waals surface area contributed by atoms with Crippen molar-refractivity contribution >= 4 is 38.5 Å². The minimum absolute atomic E-state index is 0.0504. The van der Waals surface area contributed by atoms with E-state index in [0.717, 1.165) is 20.0 Å². The van der Waals surface area contributed by atoms with E-state index in [-0.39, 0.29) is 32.1 Å². The molecule has 1 saturated heterocycles. The first-order chi connectivity index (χ1) is 12.3. The Kier molecular flexibility index (Phi) is 5.58. The fraction of sp³-hybridized carbons (Fsp3) is 0.235. The first-order valence-corrected chi connectivity index (χ1v) is 10.3. The van der Waals surface area contributed by atoms with Crippen molar-refractivity contribution < 1.29 is 22.0 Å². The Balaban J connectivity index is 1.72. The van der Waals surface area contributed by atoms with Crippen molar-refractivity contribution in [2.24, 2.45) is 0 Å². The highest BCUT2D eigenvalue weighted by Crippen LogP contribution is 2.22. The third-order valence-electron chi connectivity index (χ3n) is 4.11. The van der Waals surface area contributed by atoms with Crippen molar-refractivity contribution in [2.75, 3.05) is 26.2 Å². The monoisotopic (exact) mass is 492 g/mol. The second-order valence-corrected chi connectivity index (χ2v) is 8.93. The molecule has 0 atom stereocenters. The SMILES string of the molecule is O=C(c1cccc(I)c1)N1CCN(S(=O)(=O)c2ccc(F)cc2F)CC1. The lowest BCUT2D eigenvalue weighted by atomic mass is 10.2. The smallest absolute Gasteiger partial charge is 0.253 e. The highest BCUT2D eigenvalue weighted by atomic mass is 127. The molecule has 1 amide bonds. The molecule has 26 heavy (non-hydrogen) atoms. The van der Waals surface area contributed by atoms with E-state index in [2.05, 4.69) is 22.6 Å². The van der Waals surface area contributed by atoms with Gasteiger partial charge < -0.3 is 4.90 Å². The zero-order valence-corrected chi connectivity index (χ0v) is 16.5. The van der Waals surface area contributed by atoms with Crippen LogP contribution in [0.1, 0.15) is 10.4 Å². The van der Waals surface area contributed by atoms with Gasteiger partial charge in [0.15, 0.2) is 0 Å². The summed E-state index contributed by atoms with van der Waals surface area (Å²) in [7, 11) is -4.08. The predicted molar refractivity (Wildman–Crippen MR) is 100 cm³/mol. The molecule has 0 radical (unpaired) electrons. The van der Waals surface area contributed by atoms with Crippen molar-refractivity contribution in [3.05, 3.63) is 63.2 Å². The van der Waals surface area contributed by atoms with Crippen molar-refractivity contribution in [3.8, 4) is 0 Å². The number of rotatable bonds is 3. The zero-order valence-electron chi connectivity index (χ0n) is 13.5. The molecular formula is C17H15F2IN2O3S. The van der Waals surface area contributed by atoms with Crippen molar-refractivity contribution in [1.29, 1.82) is 0 Å². The summed E-state index contributed by atoms with van der Waals surface area (Å²) in [5.74, 6) is -2.13. The first kappa shape index (κ1) is 19.2. The maximum Gasteiger partial charge on any atom is 0.253 e. The topological polar surface area (TPSA) is 57.7 Å². The van der Waals surface area contributed by atoms with Crippen LogP contribution in [-0.2, 0) is 10.0 Å². The minimum atomic E-state index is -4.08. The van der Waals surface area contributed by atoms with Gasteiger partial charge in [-0.1, -0.05) is 6.07 Å². The second-order valence-electron chi connectivity index (χ2n) is 5.78. The highest BCUT2D eigenvalue weighted by Gasteiger charge is 2.32. The first-order valence-electron chi connectivity index (χ1n) is 7.79. The summed E-state index contributed by atoms with van der Waals surface area (Å²) in [6, 6.07) is 9.51. The van der Waals surface area contributed by atoms with Gasteiger partial charge in [-0.25, -0.2) is 17.2 Å². The van der Waals surface area contributed by atoms with E-state index in [1.54, 1.807) is 23.1 Å². The molecule has 0 aliphatic carbocycles. The quantitative estimate of drug-likeness (QED) is 0.620. The number of amides is 1. The third-order valence-corrected chi connectivity index (χ3v) is 6.71. The van der Waals surface area contributed by atoms with Gasteiger partial charge in [0.1, 0.15) is 16.5 Å². The van der Waals surface area contributed by atoms with Gasteiger partial charge in [-0.05, 0) is 52.9 Å². The fourth-order valence-corrected chi connectivity index (χ4v) is 4.77. The Hall–Kier alpha value is -1.59. The average Bonchev–Trinajstić information content (AvgIpc) is 2.61. The van der Waals surface area contributed by atoms with Crippen molar-refractivity contribution in [2.45, 2.75) is 4.90 Å². The van der Waals surface area contributed by atoms with Crippen LogP contribution in [0, 0.1) is 15.2 Å². The van der Waals surface area contributed by atoms with Crippen molar-refractivity contribution in [3.63, 3.8) is 0 Å². The number of sulfonamides is 1. The number of nitrogens with zero attached hydrogens (tertiary/aromatic N) is 2. The number of hydrogen-bond donors (Lipinski definition) is 0. The number of carbonyl (C=O) groups excluding carboxylic acids is 1. The average molecular weight is 492 g/mol. The maximum absolute atomic E-state index is 13.9. The number of hydrogen-bond acceptors (Lipinski definition) is 3. The van der Waals surface area contributed by atoms with Crippen molar-refractivity contribution in [1.82, 2.24) is 9.21 Å². The Morgan fingerprint density at radius 3 is 2.31 bits per heavy atom. The molecule has 0 saturated carbocycles. The standard InChI is InChI=1S/C17H15F2IN2O3S/c18-13-4-5-16(15(19)11-13)26(24,25)22-8-6-21(7-9-22)17(23)12-2-1-3-14(20)10-12/h1-5,10-11H,6-9H2. The van der Waals surface area contributed by atoms with E-state index in [1.165, 1.54) is 0 Å². The molecule has 0 unspecified atom stereocenters. The van der Waals surface area contributed by atoms with Crippen LogP contribution in [0.15, 0.2) is 47.4 Å². The third kappa shape index (κ3) is 3.89. The molecule has 0 spiro atoms. The fourth-order valence-electron chi connectivity index (χ4n) is 2.76. The summed E-state index contributed by atoms with van der Waals surface area (Å²) < 4.78 is 54.1. The van der Waals surface area contributed by atoms with Gasteiger partial charge in [-0.3, -0.25) is 4.79 Å². The van der Waals surface area contributed by atoms with Crippen LogP contribution in [0.3, 0.4) is 0 Å². The predicted octanol–water partition coefficient (Wildman–Crippen LogP) is 2.72. The molecule has 0 bridgehead atoms. The second kappa shape index (κ2) is 7.57. The van der Waals surface area contributed by atoms with Crippen LogP contribution >= 0.6 is 22.6 Å². The molecule has 5 nitrogen and oxygen atoms in total. The molecule has 138 valence electrons. The summed E-state index contributed by atoms with van der Waals surface area (Å²) in [6.45, 7) is 0.502. The molecule has 9 heteroatoms. The van der Waals surface area contributed by atoms with Gasteiger partial charge in [-0.2, -0.15) is 4.31 Å². The number of benzene rings is 2. The molecular weight excluding hydrogens is 477 g/mol. The summed E-state index contributed by atoms with van der Waals surface area (Å²) >= 11 is 2.11. The Morgan fingerprint density at radius 2 is 1.69 bits per heavy atom. The molecule has 1 aliphatic rings. The minimum Gasteiger partial charge on any atom is -0.336 e. The van der Waals surface area contributed by atoms with Crippen LogP contribution in [0.4, 0.5) is 8.78 Å². The molecule has 2 aromatic carbocycles. The Bertz CT molecular complexity index is 945. The molecule has 0 aromatic heterocycles. The number of piperazine rings is 1. The van der Waals surface area contributed by atoms with Gasteiger partial charge >= 0.3 is 0 Å². The lowest BCUT2D eigenvalue weighted by Gasteiger charge is -2.34. The van der Waals surface area contributed by atoms with Gasteiger partial charge in [-0.15, -0.1) is 0 Å². The van der Waals surface area contributed by atoms with Gasteiger partial charge in [0.05, 0.1) is 0 Å². The van der Waals surface area contributed by atoms with Crippen LogP contribution in [0.25, 0.3) is 0 Å². The Morgan fingerprint density at radius 1 is 1.00 bits per heavy atom. The van der Waals surface area contributed by atoms with E-state index in [1.807, 2.05) is 6.07 Å². The largest absolute Gasteiger partial charge is 0.336 e. The van der Waals surface area contributed by atoms with Gasteiger partial charge in [0.25, 0.3) is 5.91 Å². The van der Waals surface area contributed by atoms with Gasteiger partial charge in [0.2, 0.25) is 10.0 Å². The molecule has 2 aromatic rings. The van der Waals surface area contributed by atoms with Crippen LogP contribution in [0.5, 0.6) is 0 Å². The highest BCUT2D eigenvalue weighted by molar-refractivity contribution is 14.1. The van der Waals surface area contributed by atoms with E-state index in [9.17, 15) is 22.0 Å². The number of halogens is 3. The van der Waals surface area contributed by atoms with E-state index >= 15 is 0 Å². The lowest BCUT2D eigenvalue weighted by molar-refractivity contribution is 0.0697. The Labute approximate surface area is 163 Å². The lowest BCUT2D eigenvalue weighted by Crippen LogP contribution is -2.50. The summed E-state index contributed by atoms with van der Waals surface area (Å²) in [5.41, 5.74) is 0.540. The van der Waals surface area contributed by atoms with E-state index in [0.29, 0.717) is 11.6 Å². The van der Waals surface area contributed by atoms with Gasteiger partial charge in [0, 0.05) is 41.4 Å². The summed E-state index contributed by atoms with van der Waals surface area (Å²) in [4.78, 5) is 13.5. The molecule has 1 heterocycles. The molecule has 0 N–H and O–H groups in total. The van der Waals surface area contributed by atoms with Crippen LogP contribution in [-0.4, -0.2) is 49.7 Å². The molecule has 1 fully saturated rings. The number of carbonyl (C=O) groups is 1. The van der Waals surface area contributed by atoms with Crippen LogP contribution in [0.2, 0.25) is 0 Å². The maximum atomic E-state index is 13.9. The molecule has 3 rings (SSSR count).